The van der Waals surface area contributed by atoms with E-state index in [1.54, 1.807) is 18.2 Å². The number of nitrogens with one attached hydrogen (secondary N) is 1. The van der Waals surface area contributed by atoms with Gasteiger partial charge in [0.15, 0.2) is 5.13 Å². The molecule has 0 aliphatic carbocycles. The van der Waals surface area contributed by atoms with Crippen molar-refractivity contribution in [3.05, 3.63) is 52.5 Å². The number of rotatable bonds is 3. The summed E-state index contributed by atoms with van der Waals surface area (Å²) >= 11 is 7.35. The minimum atomic E-state index is -0.273. The van der Waals surface area contributed by atoms with Gasteiger partial charge in [0.05, 0.1) is 22.9 Å². The zero-order chi connectivity index (χ0) is 15.7. The first-order valence-corrected chi connectivity index (χ1v) is 7.79. The minimum Gasteiger partial charge on any atom is -0.496 e. The lowest BCUT2D eigenvalue weighted by molar-refractivity contribution is 0.102. The number of hydrogen-bond acceptors (Lipinski definition) is 4. The van der Waals surface area contributed by atoms with E-state index in [2.05, 4.69) is 10.3 Å². The maximum atomic E-state index is 12.4. The largest absolute Gasteiger partial charge is 0.496 e. The molecule has 1 amide bonds. The number of methoxy groups -OCH3 is 1. The highest BCUT2D eigenvalue weighted by Crippen LogP contribution is 2.29. The molecule has 0 bridgehead atoms. The third kappa shape index (κ3) is 2.77. The Morgan fingerprint density at radius 1 is 1.32 bits per heavy atom. The highest BCUT2D eigenvalue weighted by molar-refractivity contribution is 7.22. The standard InChI is InChI=1S/C16H13ClN2O2S/c1-9-4-3-5-13-14(9)18-16(22-13)19-15(20)11-7-6-10(17)8-12(11)21-2/h3-8H,1-2H3,(H,18,19,20). The number of fused-ring (bicyclic) bond motifs is 1. The van der Waals surface area contributed by atoms with E-state index in [1.807, 2.05) is 25.1 Å². The molecule has 0 radical (unpaired) electrons. The third-order valence-electron chi connectivity index (χ3n) is 3.25. The number of hydrogen-bond donors (Lipinski definition) is 1. The van der Waals surface area contributed by atoms with E-state index in [-0.39, 0.29) is 5.91 Å². The first-order chi connectivity index (χ1) is 10.6. The fourth-order valence-electron chi connectivity index (χ4n) is 2.16. The van der Waals surface area contributed by atoms with E-state index >= 15 is 0 Å². The molecule has 1 heterocycles. The average Bonchev–Trinajstić information content (AvgIpc) is 2.90. The van der Waals surface area contributed by atoms with Crippen molar-refractivity contribution >= 4 is 44.2 Å². The van der Waals surface area contributed by atoms with E-state index in [9.17, 15) is 4.79 Å². The van der Waals surface area contributed by atoms with Crippen LogP contribution in [0.15, 0.2) is 36.4 Å². The van der Waals surface area contributed by atoms with E-state index in [0.29, 0.717) is 21.5 Å². The smallest absolute Gasteiger partial charge is 0.261 e. The third-order valence-corrected chi connectivity index (χ3v) is 4.42. The molecule has 112 valence electrons. The van der Waals surface area contributed by atoms with Gasteiger partial charge in [-0.3, -0.25) is 10.1 Å². The first kappa shape index (κ1) is 14.8. The maximum Gasteiger partial charge on any atom is 0.261 e. The van der Waals surface area contributed by atoms with Crippen LogP contribution in [-0.4, -0.2) is 18.0 Å². The lowest BCUT2D eigenvalue weighted by atomic mass is 10.2. The Hall–Kier alpha value is -2.11. The molecule has 3 aromatic rings. The van der Waals surface area contributed by atoms with Gasteiger partial charge in [0.25, 0.3) is 5.91 Å². The number of aryl methyl sites for hydroxylation is 1. The Morgan fingerprint density at radius 3 is 2.86 bits per heavy atom. The molecule has 4 nitrogen and oxygen atoms in total. The molecular formula is C16H13ClN2O2S. The molecule has 6 heteroatoms. The van der Waals surface area contributed by atoms with Crippen molar-refractivity contribution in [1.29, 1.82) is 0 Å². The van der Waals surface area contributed by atoms with Crippen molar-refractivity contribution in [2.24, 2.45) is 0 Å². The summed E-state index contributed by atoms with van der Waals surface area (Å²) in [5.41, 5.74) is 2.41. The van der Waals surface area contributed by atoms with Crippen molar-refractivity contribution in [2.75, 3.05) is 12.4 Å². The zero-order valence-corrected chi connectivity index (χ0v) is 13.6. The topological polar surface area (TPSA) is 51.2 Å². The van der Waals surface area contributed by atoms with Crippen molar-refractivity contribution in [2.45, 2.75) is 6.92 Å². The highest BCUT2D eigenvalue weighted by Gasteiger charge is 2.15. The molecule has 0 atom stereocenters. The van der Waals surface area contributed by atoms with Gasteiger partial charge in [0, 0.05) is 5.02 Å². The Bertz CT molecular complexity index is 860. The molecule has 0 spiro atoms. The predicted octanol–water partition coefficient (Wildman–Crippen LogP) is 4.52. The monoisotopic (exact) mass is 332 g/mol. The van der Waals surface area contributed by atoms with Crippen molar-refractivity contribution < 1.29 is 9.53 Å². The first-order valence-electron chi connectivity index (χ1n) is 6.59. The number of nitrogens with zero attached hydrogens (tertiary/aromatic N) is 1. The number of thiazole rings is 1. The van der Waals surface area contributed by atoms with Crippen LogP contribution in [0.1, 0.15) is 15.9 Å². The normalized spacial score (nSPS) is 10.7. The Kier molecular flexibility index (Phi) is 4.00. The number of benzene rings is 2. The molecule has 3 rings (SSSR count). The molecule has 2 aromatic carbocycles. The fraction of sp³-hybridized carbons (Fsp3) is 0.125. The van der Waals surface area contributed by atoms with E-state index in [4.69, 9.17) is 16.3 Å². The summed E-state index contributed by atoms with van der Waals surface area (Å²) < 4.78 is 6.24. The summed E-state index contributed by atoms with van der Waals surface area (Å²) in [6.45, 7) is 2.00. The Labute approximate surface area is 136 Å². The van der Waals surface area contributed by atoms with Gasteiger partial charge in [-0.1, -0.05) is 35.1 Å². The molecule has 0 aliphatic rings. The second-order valence-electron chi connectivity index (χ2n) is 4.74. The summed E-state index contributed by atoms with van der Waals surface area (Å²) in [6, 6.07) is 10.9. The van der Waals surface area contributed by atoms with Crippen LogP contribution in [0.3, 0.4) is 0 Å². The molecule has 22 heavy (non-hydrogen) atoms. The minimum absolute atomic E-state index is 0.273. The molecule has 0 saturated heterocycles. The summed E-state index contributed by atoms with van der Waals surface area (Å²) in [5.74, 6) is 0.160. The molecule has 0 saturated carbocycles. The van der Waals surface area contributed by atoms with Gasteiger partial charge in [-0.15, -0.1) is 0 Å². The fourth-order valence-corrected chi connectivity index (χ4v) is 3.26. The molecule has 0 fully saturated rings. The number of anilines is 1. The number of halogens is 1. The Morgan fingerprint density at radius 2 is 2.14 bits per heavy atom. The summed E-state index contributed by atoms with van der Waals surface area (Å²) in [6.07, 6.45) is 0. The van der Waals surface area contributed by atoms with Gasteiger partial charge in [-0.25, -0.2) is 4.98 Å². The predicted molar refractivity (Wildman–Crippen MR) is 90.3 cm³/mol. The number of carbonyl (C=O) groups is 1. The van der Waals surface area contributed by atoms with Crippen LogP contribution < -0.4 is 10.1 Å². The summed E-state index contributed by atoms with van der Waals surface area (Å²) in [7, 11) is 1.50. The van der Waals surface area contributed by atoms with E-state index < -0.39 is 0 Å². The second kappa shape index (κ2) is 5.94. The second-order valence-corrected chi connectivity index (χ2v) is 6.21. The van der Waals surface area contributed by atoms with Crippen LogP contribution in [0.25, 0.3) is 10.2 Å². The number of carbonyl (C=O) groups excluding carboxylic acids is 1. The molecule has 1 N–H and O–H groups in total. The molecule has 0 unspecified atom stereocenters. The van der Waals surface area contributed by atoms with Gasteiger partial charge in [-0.2, -0.15) is 0 Å². The van der Waals surface area contributed by atoms with Crippen LogP contribution in [-0.2, 0) is 0 Å². The number of aromatic nitrogens is 1. The van der Waals surface area contributed by atoms with Crippen LogP contribution in [0.5, 0.6) is 5.75 Å². The lowest BCUT2D eigenvalue weighted by Crippen LogP contribution is -2.12. The number of para-hydroxylation sites is 1. The zero-order valence-electron chi connectivity index (χ0n) is 12.0. The SMILES string of the molecule is COc1cc(Cl)ccc1C(=O)Nc1nc2c(C)cccc2s1. The molecular weight excluding hydrogens is 320 g/mol. The molecule has 0 aliphatic heterocycles. The summed E-state index contributed by atoms with van der Waals surface area (Å²) in [4.78, 5) is 16.9. The van der Waals surface area contributed by atoms with Gasteiger partial charge >= 0.3 is 0 Å². The van der Waals surface area contributed by atoms with E-state index in [1.165, 1.54) is 18.4 Å². The van der Waals surface area contributed by atoms with Crippen LogP contribution in [0.2, 0.25) is 5.02 Å². The van der Waals surface area contributed by atoms with Crippen molar-refractivity contribution in [3.8, 4) is 5.75 Å². The molecule has 1 aromatic heterocycles. The average molecular weight is 333 g/mol. The summed E-state index contributed by atoms with van der Waals surface area (Å²) in [5, 5.41) is 3.89. The number of amides is 1. The van der Waals surface area contributed by atoms with Crippen molar-refractivity contribution in [3.63, 3.8) is 0 Å². The van der Waals surface area contributed by atoms with Gasteiger partial charge in [-0.05, 0) is 36.8 Å². The van der Waals surface area contributed by atoms with Gasteiger partial charge < -0.3 is 4.74 Å². The van der Waals surface area contributed by atoms with Crippen LogP contribution in [0, 0.1) is 6.92 Å². The van der Waals surface area contributed by atoms with Gasteiger partial charge in [0.2, 0.25) is 0 Å². The Balaban J connectivity index is 1.91. The van der Waals surface area contributed by atoms with Crippen LogP contribution >= 0.6 is 22.9 Å². The van der Waals surface area contributed by atoms with E-state index in [0.717, 1.165) is 15.8 Å². The highest BCUT2D eigenvalue weighted by atomic mass is 35.5. The van der Waals surface area contributed by atoms with Gasteiger partial charge in [0.1, 0.15) is 5.75 Å². The maximum absolute atomic E-state index is 12.4. The van der Waals surface area contributed by atoms with Crippen LogP contribution in [0.4, 0.5) is 5.13 Å². The lowest BCUT2D eigenvalue weighted by Gasteiger charge is -2.07. The number of ether oxygens (including phenoxy) is 1. The van der Waals surface area contributed by atoms with Crippen molar-refractivity contribution in [1.82, 2.24) is 4.98 Å². The quantitative estimate of drug-likeness (QED) is 0.767.